The minimum atomic E-state index is -2.48. The molecule has 1 saturated carbocycles. The smallest absolute Gasteiger partial charge is 0.317 e. The molecule has 1 unspecified atom stereocenters. The monoisotopic (exact) mass is 276 g/mol. The fraction of sp³-hybridized carbons (Fsp3) is 0.923. The Kier molecular flexibility index (Phi) is 4.73. The summed E-state index contributed by atoms with van der Waals surface area (Å²) in [6.45, 7) is 3.82. The lowest BCUT2D eigenvalue weighted by Gasteiger charge is -2.37. The normalized spacial score (nSPS) is 29.3. The van der Waals surface area contributed by atoms with Gasteiger partial charge >= 0.3 is 5.97 Å². The van der Waals surface area contributed by atoms with E-state index in [1.54, 1.807) is 0 Å². The number of nitrogens with zero attached hydrogens (tertiary/aromatic N) is 2. The quantitative estimate of drug-likeness (QED) is 0.845. The minimum Gasteiger partial charge on any atom is -0.480 e. The van der Waals surface area contributed by atoms with Crippen LogP contribution in [-0.4, -0.2) is 66.1 Å². The number of hydrogen-bond acceptors (Lipinski definition) is 3. The van der Waals surface area contributed by atoms with Crippen molar-refractivity contribution in [1.82, 2.24) is 9.80 Å². The van der Waals surface area contributed by atoms with Crippen LogP contribution in [0.3, 0.4) is 0 Å². The van der Waals surface area contributed by atoms with Crippen molar-refractivity contribution in [2.24, 2.45) is 5.92 Å². The molecule has 1 atom stereocenters. The van der Waals surface area contributed by atoms with Gasteiger partial charge in [0.05, 0.1) is 6.54 Å². The van der Waals surface area contributed by atoms with E-state index in [2.05, 4.69) is 4.90 Å². The van der Waals surface area contributed by atoms with Crippen molar-refractivity contribution >= 4 is 5.97 Å². The van der Waals surface area contributed by atoms with Crippen LogP contribution in [0.4, 0.5) is 8.78 Å². The molecule has 0 aromatic carbocycles. The van der Waals surface area contributed by atoms with E-state index < -0.39 is 11.9 Å². The number of piperazine rings is 1. The van der Waals surface area contributed by atoms with Gasteiger partial charge in [-0.1, -0.05) is 0 Å². The van der Waals surface area contributed by atoms with Crippen molar-refractivity contribution in [2.45, 2.75) is 31.6 Å². The summed E-state index contributed by atoms with van der Waals surface area (Å²) in [7, 11) is 0. The van der Waals surface area contributed by atoms with Gasteiger partial charge in [-0.25, -0.2) is 8.78 Å². The molecule has 2 aliphatic rings. The third kappa shape index (κ3) is 4.69. The zero-order chi connectivity index (χ0) is 13.9. The molecule has 1 aliphatic carbocycles. The molecule has 0 radical (unpaired) electrons. The summed E-state index contributed by atoms with van der Waals surface area (Å²) in [5, 5.41) is 8.71. The molecule has 0 bridgehead atoms. The first-order chi connectivity index (χ1) is 8.94. The van der Waals surface area contributed by atoms with Gasteiger partial charge in [-0.05, 0) is 18.8 Å². The molecule has 1 N–H and O–H groups in total. The number of hydrogen-bond donors (Lipinski definition) is 1. The summed E-state index contributed by atoms with van der Waals surface area (Å²) in [6, 6.07) is 0. The van der Waals surface area contributed by atoms with Crippen molar-refractivity contribution < 1.29 is 18.7 Å². The second-order valence-electron chi connectivity index (χ2n) is 5.79. The summed E-state index contributed by atoms with van der Waals surface area (Å²) in [5.41, 5.74) is 0. The Bertz CT molecular complexity index is 318. The first-order valence-electron chi connectivity index (χ1n) is 6.99. The molecule has 110 valence electrons. The maximum atomic E-state index is 13.3. The second kappa shape index (κ2) is 6.13. The Hall–Kier alpha value is -0.750. The van der Waals surface area contributed by atoms with Crippen LogP contribution in [0.2, 0.25) is 0 Å². The van der Waals surface area contributed by atoms with Crippen molar-refractivity contribution in [2.75, 3.05) is 39.3 Å². The molecule has 2 fully saturated rings. The molecule has 0 amide bonds. The number of carboxylic acid groups (broad SMARTS) is 1. The van der Waals surface area contributed by atoms with Gasteiger partial charge in [-0.3, -0.25) is 9.69 Å². The van der Waals surface area contributed by atoms with E-state index in [9.17, 15) is 13.6 Å². The van der Waals surface area contributed by atoms with E-state index in [0.29, 0.717) is 6.42 Å². The molecule has 0 spiro atoms. The maximum Gasteiger partial charge on any atom is 0.317 e. The van der Waals surface area contributed by atoms with Gasteiger partial charge in [0.25, 0.3) is 0 Å². The molecule has 1 aliphatic heterocycles. The summed E-state index contributed by atoms with van der Waals surface area (Å²) < 4.78 is 26.6. The molecule has 1 heterocycles. The summed E-state index contributed by atoms with van der Waals surface area (Å²) in [4.78, 5) is 14.7. The third-order valence-electron chi connectivity index (χ3n) is 4.08. The predicted molar refractivity (Wildman–Crippen MR) is 67.4 cm³/mol. The van der Waals surface area contributed by atoms with Crippen molar-refractivity contribution in [1.29, 1.82) is 0 Å². The number of alkyl halides is 2. The Morgan fingerprint density at radius 3 is 2.42 bits per heavy atom. The highest BCUT2D eigenvalue weighted by atomic mass is 19.3. The van der Waals surface area contributed by atoms with Crippen molar-refractivity contribution in [3.8, 4) is 0 Å². The minimum absolute atomic E-state index is 0.0162. The Labute approximate surface area is 112 Å². The molecule has 6 heteroatoms. The van der Waals surface area contributed by atoms with Gasteiger partial charge in [0.1, 0.15) is 0 Å². The van der Waals surface area contributed by atoms with Crippen molar-refractivity contribution in [3.05, 3.63) is 0 Å². The van der Waals surface area contributed by atoms with Crippen LogP contribution in [0.1, 0.15) is 25.7 Å². The Morgan fingerprint density at radius 2 is 1.84 bits per heavy atom. The fourth-order valence-corrected chi connectivity index (χ4v) is 3.12. The summed E-state index contributed by atoms with van der Waals surface area (Å²) in [6.07, 6.45) is 1.57. The SMILES string of the molecule is O=C(O)CN1CCN(CC2CCCC(F)(F)C2)CC1. The first kappa shape index (κ1) is 14.7. The number of carboxylic acids is 1. The largest absolute Gasteiger partial charge is 0.480 e. The Morgan fingerprint density at radius 1 is 1.21 bits per heavy atom. The van der Waals surface area contributed by atoms with Crippen LogP contribution in [0.25, 0.3) is 0 Å². The van der Waals surface area contributed by atoms with Gasteiger partial charge in [-0.2, -0.15) is 0 Å². The van der Waals surface area contributed by atoms with E-state index in [0.717, 1.165) is 39.1 Å². The maximum absolute atomic E-state index is 13.3. The summed E-state index contributed by atoms with van der Waals surface area (Å²) >= 11 is 0. The van der Waals surface area contributed by atoms with E-state index in [-0.39, 0.29) is 25.3 Å². The summed E-state index contributed by atoms with van der Waals surface area (Å²) in [5.74, 6) is -3.19. The van der Waals surface area contributed by atoms with Crippen LogP contribution in [0, 0.1) is 5.92 Å². The number of aliphatic carboxylic acids is 1. The highest BCUT2D eigenvalue weighted by Gasteiger charge is 2.36. The second-order valence-corrected chi connectivity index (χ2v) is 5.79. The van der Waals surface area contributed by atoms with Gasteiger partial charge in [0.2, 0.25) is 5.92 Å². The Balaban J connectivity index is 1.72. The molecular formula is C13H22F2N2O2. The number of carbonyl (C=O) groups is 1. The molecule has 4 nitrogen and oxygen atoms in total. The number of halogens is 2. The lowest BCUT2D eigenvalue weighted by molar-refractivity contribution is -0.138. The number of rotatable bonds is 4. The molecule has 19 heavy (non-hydrogen) atoms. The first-order valence-corrected chi connectivity index (χ1v) is 6.99. The van der Waals surface area contributed by atoms with Gasteiger partial charge < -0.3 is 10.0 Å². The highest BCUT2D eigenvalue weighted by Crippen LogP contribution is 2.36. The van der Waals surface area contributed by atoms with Gasteiger partial charge in [0.15, 0.2) is 0 Å². The van der Waals surface area contributed by atoms with Crippen LogP contribution >= 0.6 is 0 Å². The predicted octanol–water partition coefficient (Wildman–Crippen LogP) is 1.51. The molecule has 2 rings (SSSR count). The van der Waals surface area contributed by atoms with Crippen LogP contribution < -0.4 is 0 Å². The third-order valence-corrected chi connectivity index (χ3v) is 4.08. The van der Waals surface area contributed by atoms with Gasteiger partial charge in [-0.15, -0.1) is 0 Å². The lowest BCUT2D eigenvalue weighted by atomic mass is 9.86. The van der Waals surface area contributed by atoms with Crippen LogP contribution in [-0.2, 0) is 4.79 Å². The topological polar surface area (TPSA) is 43.8 Å². The average Bonchev–Trinajstić information content (AvgIpc) is 2.30. The standard InChI is InChI=1S/C13H22F2N2O2/c14-13(15)3-1-2-11(8-13)9-16-4-6-17(7-5-16)10-12(18)19/h11H,1-10H2,(H,18,19). The zero-order valence-corrected chi connectivity index (χ0v) is 11.2. The lowest BCUT2D eigenvalue weighted by Crippen LogP contribution is -2.49. The van der Waals surface area contributed by atoms with E-state index in [1.165, 1.54) is 0 Å². The molecule has 1 saturated heterocycles. The highest BCUT2D eigenvalue weighted by molar-refractivity contribution is 5.69. The van der Waals surface area contributed by atoms with E-state index in [4.69, 9.17) is 5.11 Å². The molecule has 0 aromatic rings. The van der Waals surface area contributed by atoms with Gasteiger partial charge in [0, 0.05) is 45.6 Å². The molecular weight excluding hydrogens is 254 g/mol. The van der Waals surface area contributed by atoms with E-state index >= 15 is 0 Å². The van der Waals surface area contributed by atoms with E-state index in [1.807, 2.05) is 4.90 Å². The van der Waals surface area contributed by atoms with Crippen molar-refractivity contribution in [3.63, 3.8) is 0 Å². The van der Waals surface area contributed by atoms with Crippen LogP contribution in [0.5, 0.6) is 0 Å². The average molecular weight is 276 g/mol. The zero-order valence-electron chi connectivity index (χ0n) is 11.2. The van der Waals surface area contributed by atoms with Crippen LogP contribution in [0.15, 0.2) is 0 Å². The molecule has 0 aromatic heterocycles. The fourth-order valence-electron chi connectivity index (χ4n) is 3.12.